The van der Waals surface area contributed by atoms with Crippen LogP contribution in [-0.4, -0.2) is 24.2 Å². The zero-order valence-electron chi connectivity index (χ0n) is 14.0. The van der Waals surface area contributed by atoms with Crippen molar-refractivity contribution in [2.24, 2.45) is 0 Å². The van der Waals surface area contributed by atoms with Gasteiger partial charge < -0.3 is 0 Å². The summed E-state index contributed by atoms with van der Waals surface area (Å²) in [5.41, 5.74) is 1.07. The topological polar surface area (TPSA) is 89.0 Å². The van der Waals surface area contributed by atoms with Gasteiger partial charge in [0.05, 0.1) is 16.3 Å². The number of aromatic amines is 1. The van der Waals surface area contributed by atoms with Gasteiger partial charge >= 0.3 is 5.69 Å². The molecule has 2 aromatic carbocycles. The summed E-state index contributed by atoms with van der Waals surface area (Å²) in [6, 6.07) is 12.4. The normalized spacial score (nSPS) is 11.5. The second-order valence-corrected chi connectivity index (χ2v) is 8.31. The first-order valence-electron chi connectivity index (χ1n) is 7.60. The molecule has 0 aliphatic carbocycles. The van der Waals surface area contributed by atoms with E-state index in [4.69, 9.17) is 11.6 Å². The monoisotopic (exact) mass is 390 g/mol. The van der Waals surface area contributed by atoms with Gasteiger partial charge in [-0.05, 0) is 42.8 Å². The number of hydrogen-bond acceptors (Lipinski definition) is 4. The van der Waals surface area contributed by atoms with E-state index < -0.39 is 21.1 Å². The van der Waals surface area contributed by atoms with Gasteiger partial charge in [0, 0.05) is 22.9 Å². The van der Waals surface area contributed by atoms with E-state index in [0.29, 0.717) is 22.0 Å². The molecule has 0 saturated heterocycles. The fraction of sp³-hybridized carbons (Fsp3) is 0.111. The summed E-state index contributed by atoms with van der Waals surface area (Å²) in [6.45, 7) is 1.85. The van der Waals surface area contributed by atoms with Gasteiger partial charge in [-0.2, -0.15) is 0 Å². The number of rotatable bonds is 3. The number of nitrogens with one attached hydrogen (secondary N) is 1. The van der Waals surface area contributed by atoms with E-state index in [-0.39, 0.29) is 4.90 Å². The van der Waals surface area contributed by atoms with Crippen LogP contribution >= 0.6 is 11.6 Å². The molecule has 1 N–H and O–H groups in total. The van der Waals surface area contributed by atoms with Gasteiger partial charge in [0.15, 0.2) is 9.84 Å². The summed E-state index contributed by atoms with van der Waals surface area (Å²) < 4.78 is 24.5. The molecule has 0 unspecified atom stereocenters. The average Bonchev–Trinajstić information content (AvgIpc) is 2.56. The molecule has 0 atom stereocenters. The molecule has 0 amide bonds. The lowest BCUT2D eigenvalue weighted by atomic mass is 10.1. The highest BCUT2D eigenvalue weighted by Gasteiger charge is 2.13. The van der Waals surface area contributed by atoms with E-state index in [1.165, 1.54) is 34.9 Å². The quantitative estimate of drug-likeness (QED) is 0.744. The smallest absolute Gasteiger partial charge is 0.274 e. The molecule has 0 saturated carbocycles. The van der Waals surface area contributed by atoms with E-state index in [9.17, 15) is 18.0 Å². The Morgan fingerprint density at radius 1 is 1.00 bits per heavy atom. The van der Waals surface area contributed by atoms with Gasteiger partial charge in [0.25, 0.3) is 5.56 Å². The third-order valence-electron chi connectivity index (χ3n) is 3.93. The molecule has 8 heteroatoms. The zero-order chi connectivity index (χ0) is 19.1. The number of benzene rings is 2. The standard InChI is InChI=1S/C18H15ClN2O4S/c1-11-3-4-12(9-15(11)19)16-10-17(22)20-18(23)21(16)13-5-7-14(8-6-13)26(2,24)25/h3-10H,1-2H3,(H,20,22,23). The molecule has 0 spiro atoms. The largest absolute Gasteiger partial charge is 0.333 e. The lowest BCUT2D eigenvalue weighted by molar-refractivity contribution is 0.602. The molecule has 3 rings (SSSR count). The summed E-state index contributed by atoms with van der Waals surface area (Å²) in [6.07, 6.45) is 1.11. The summed E-state index contributed by atoms with van der Waals surface area (Å²) >= 11 is 6.17. The Labute approximate surface area is 154 Å². The third kappa shape index (κ3) is 3.49. The summed E-state index contributed by atoms with van der Waals surface area (Å²) in [5, 5.41) is 0.509. The van der Waals surface area contributed by atoms with Crippen LogP contribution in [0.4, 0.5) is 0 Å². The van der Waals surface area contributed by atoms with Crippen molar-refractivity contribution in [3.05, 3.63) is 80.0 Å². The molecular weight excluding hydrogens is 376 g/mol. The Kier molecular flexibility index (Phi) is 4.60. The Bertz CT molecular complexity index is 1210. The van der Waals surface area contributed by atoms with Crippen LogP contribution in [0.2, 0.25) is 5.02 Å². The fourth-order valence-electron chi connectivity index (χ4n) is 2.56. The average molecular weight is 391 g/mol. The number of sulfone groups is 1. The SMILES string of the molecule is Cc1ccc(-c2cc(=O)[nH]c(=O)n2-c2ccc(S(C)(=O)=O)cc2)cc1Cl. The van der Waals surface area contributed by atoms with Gasteiger partial charge in [-0.25, -0.2) is 13.2 Å². The van der Waals surface area contributed by atoms with Crippen molar-refractivity contribution in [1.29, 1.82) is 0 Å². The molecule has 0 radical (unpaired) electrons. The summed E-state index contributed by atoms with van der Waals surface area (Å²) in [5.74, 6) is 0. The molecular formula is C18H15ClN2O4S. The summed E-state index contributed by atoms with van der Waals surface area (Å²) in [4.78, 5) is 26.6. The molecule has 1 aromatic heterocycles. The van der Waals surface area contributed by atoms with Crippen molar-refractivity contribution < 1.29 is 8.42 Å². The van der Waals surface area contributed by atoms with Crippen molar-refractivity contribution in [1.82, 2.24) is 9.55 Å². The van der Waals surface area contributed by atoms with Crippen LogP contribution in [0.1, 0.15) is 5.56 Å². The maximum Gasteiger partial charge on any atom is 0.333 e. The number of aryl methyl sites for hydroxylation is 1. The summed E-state index contributed by atoms with van der Waals surface area (Å²) in [7, 11) is -3.35. The number of hydrogen-bond donors (Lipinski definition) is 1. The molecule has 6 nitrogen and oxygen atoms in total. The molecule has 0 aliphatic rings. The van der Waals surface area contributed by atoms with Crippen LogP contribution in [0, 0.1) is 6.92 Å². The van der Waals surface area contributed by atoms with Crippen molar-refractivity contribution in [2.75, 3.05) is 6.26 Å². The number of aromatic nitrogens is 2. The number of H-pyrrole nitrogens is 1. The van der Waals surface area contributed by atoms with Crippen molar-refractivity contribution in [3.63, 3.8) is 0 Å². The van der Waals surface area contributed by atoms with Crippen LogP contribution in [-0.2, 0) is 9.84 Å². The minimum absolute atomic E-state index is 0.138. The minimum atomic E-state index is -3.35. The number of halogens is 1. The highest BCUT2D eigenvalue weighted by molar-refractivity contribution is 7.90. The molecule has 1 heterocycles. The second kappa shape index (κ2) is 6.59. The van der Waals surface area contributed by atoms with Gasteiger partial charge in [-0.15, -0.1) is 0 Å². The first-order chi connectivity index (χ1) is 12.2. The van der Waals surface area contributed by atoms with E-state index >= 15 is 0 Å². The van der Waals surface area contributed by atoms with Crippen molar-refractivity contribution in [2.45, 2.75) is 11.8 Å². The predicted octanol–water partition coefficient (Wildman–Crippen LogP) is 2.56. The highest BCUT2D eigenvalue weighted by atomic mass is 35.5. The van der Waals surface area contributed by atoms with E-state index in [1.807, 2.05) is 6.92 Å². The Balaban J connectivity index is 2.26. The first kappa shape index (κ1) is 18.2. The molecule has 0 fully saturated rings. The van der Waals surface area contributed by atoms with E-state index in [2.05, 4.69) is 4.98 Å². The van der Waals surface area contributed by atoms with Crippen LogP contribution in [0.3, 0.4) is 0 Å². The van der Waals surface area contributed by atoms with Crippen LogP contribution in [0.25, 0.3) is 16.9 Å². The third-order valence-corrected chi connectivity index (χ3v) is 5.47. The van der Waals surface area contributed by atoms with Crippen LogP contribution in [0.15, 0.2) is 63.0 Å². The van der Waals surface area contributed by atoms with Gasteiger partial charge in [-0.1, -0.05) is 23.7 Å². The maximum atomic E-state index is 12.4. The highest BCUT2D eigenvalue weighted by Crippen LogP contribution is 2.25. The van der Waals surface area contributed by atoms with E-state index in [0.717, 1.165) is 11.8 Å². The second-order valence-electron chi connectivity index (χ2n) is 5.89. The molecule has 26 heavy (non-hydrogen) atoms. The van der Waals surface area contributed by atoms with E-state index in [1.54, 1.807) is 18.2 Å². The van der Waals surface area contributed by atoms with Crippen LogP contribution in [0.5, 0.6) is 0 Å². The Morgan fingerprint density at radius 2 is 1.65 bits per heavy atom. The predicted molar refractivity (Wildman–Crippen MR) is 101 cm³/mol. The minimum Gasteiger partial charge on any atom is -0.274 e. The van der Waals surface area contributed by atoms with Gasteiger partial charge in [0.1, 0.15) is 0 Å². The zero-order valence-corrected chi connectivity index (χ0v) is 15.6. The fourth-order valence-corrected chi connectivity index (χ4v) is 3.37. The van der Waals surface area contributed by atoms with Crippen molar-refractivity contribution >= 4 is 21.4 Å². The lowest BCUT2D eigenvalue weighted by Crippen LogP contribution is -2.29. The van der Waals surface area contributed by atoms with Crippen molar-refractivity contribution in [3.8, 4) is 16.9 Å². The first-order valence-corrected chi connectivity index (χ1v) is 9.87. The maximum absolute atomic E-state index is 12.4. The lowest BCUT2D eigenvalue weighted by Gasteiger charge is -2.13. The van der Waals surface area contributed by atoms with Crippen LogP contribution < -0.4 is 11.2 Å². The van der Waals surface area contributed by atoms with Gasteiger partial charge in [-0.3, -0.25) is 14.3 Å². The Morgan fingerprint density at radius 3 is 2.23 bits per heavy atom. The molecule has 3 aromatic rings. The Hall–Kier alpha value is -2.64. The molecule has 0 bridgehead atoms. The van der Waals surface area contributed by atoms with Gasteiger partial charge in [0.2, 0.25) is 0 Å². The molecule has 0 aliphatic heterocycles. The number of nitrogens with zero attached hydrogens (tertiary/aromatic N) is 1. The molecule has 134 valence electrons.